The molecule has 0 aliphatic rings. The average Bonchev–Trinajstić information content (AvgIpc) is 2.45. The van der Waals surface area contributed by atoms with Gasteiger partial charge in [-0.3, -0.25) is 5.32 Å². The van der Waals surface area contributed by atoms with Crippen LogP contribution in [0.25, 0.3) is 0 Å². The Bertz CT molecular complexity index is 537. The predicted molar refractivity (Wildman–Crippen MR) is 78.0 cm³/mol. The number of rotatable bonds is 5. The molecule has 0 saturated carbocycles. The summed E-state index contributed by atoms with van der Waals surface area (Å²) in [6.45, 7) is 1.77. The van der Waals surface area contributed by atoms with Gasteiger partial charge in [0.25, 0.3) is 0 Å². The van der Waals surface area contributed by atoms with Gasteiger partial charge in [0.05, 0.1) is 0 Å². The van der Waals surface area contributed by atoms with E-state index in [4.69, 9.17) is 0 Å². The molecular formula is C17H18F3N. The van der Waals surface area contributed by atoms with E-state index < -0.39 is 12.2 Å². The minimum atomic E-state index is -4.31. The van der Waals surface area contributed by atoms with Crippen molar-refractivity contribution in [1.29, 1.82) is 0 Å². The third kappa shape index (κ3) is 4.60. The van der Waals surface area contributed by atoms with Crippen molar-refractivity contribution in [3.8, 4) is 0 Å². The lowest BCUT2D eigenvalue weighted by Crippen LogP contribution is -2.40. The summed E-state index contributed by atoms with van der Waals surface area (Å²) in [5, 5.41) is 2.70. The van der Waals surface area contributed by atoms with Crippen molar-refractivity contribution in [2.75, 3.05) is 0 Å². The highest BCUT2D eigenvalue weighted by Crippen LogP contribution is 2.33. The summed E-state index contributed by atoms with van der Waals surface area (Å²) in [7, 11) is 0. The van der Waals surface area contributed by atoms with Gasteiger partial charge in [0.15, 0.2) is 0 Å². The van der Waals surface area contributed by atoms with Gasteiger partial charge in [0.2, 0.25) is 0 Å². The van der Waals surface area contributed by atoms with Crippen molar-refractivity contribution >= 4 is 0 Å². The second-order valence-corrected chi connectivity index (χ2v) is 5.14. The van der Waals surface area contributed by atoms with Crippen LogP contribution in [0.15, 0.2) is 60.7 Å². The Labute approximate surface area is 122 Å². The molecule has 0 radical (unpaired) electrons. The Morgan fingerprint density at radius 3 is 1.95 bits per heavy atom. The first kappa shape index (κ1) is 15.6. The van der Waals surface area contributed by atoms with E-state index >= 15 is 0 Å². The molecule has 0 bridgehead atoms. The van der Waals surface area contributed by atoms with E-state index in [9.17, 15) is 13.2 Å². The largest absolute Gasteiger partial charge is 0.407 e. The Hall–Kier alpha value is -1.81. The fourth-order valence-corrected chi connectivity index (χ4v) is 2.34. The molecule has 1 N–H and O–H groups in total. The van der Waals surface area contributed by atoms with Crippen molar-refractivity contribution in [2.45, 2.75) is 31.6 Å². The number of alkyl halides is 3. The summed E-state index contributed by atoms with van der Waals surface area (Å²) in [4.78, 5) is 0. The Morgan fingerprint density at radius 2 is 1.43 bits per heavy atom. The third-order valence-electron chi connectivity index (χ3n) is 3.30. The molecule has 0 aliphatic carbocycles. The predicted octanol–water partition coefficient (Wildman–Crippen LogP) is 4.51. The first-order valence-corrected chi connectivity index (χ1v) is 6.88. The summed E-state index contributed by atoms with van der Waals surface area (Å²) < 4.78 is 39.7. The van der Waals surface area contributed by atoms with Crippen LogP contribution in [0.1, 0.15) is 24.1 Å². The lowest BCUT2D eigenvalue weighted by atomic mass is 10.0. The van der Waals surface area contributed by atoms with Gasteiger partial charge in [-0.05, 0) is 24.5 Å². The average molecular weight is 293 g/mol. The van der Waals surface area contributed by atoms with Gasteiger partial charge in [-0.15, -0.1) is 0 Å². The fraction of sp³-hybridized carbons (Fsp3) is 0.294. The second-order valence-electron chi connectivity index (χ2n) is 5.14. The number of nitrogens with one attached hydrogen (secondary N) is 1. The molecular weight excluding hydrogens is 275 g/mol. The van der Waals surface area contributed by atoms with Gasteiger partial charge in [0, 0.05) is 6.04 Å². The topological polar surface area (TPSA) is 12.0 Å². The van der Waals surface area contributed by atoms with Gasteiger partial charge in [-0.25, -0.2) is 0 Å². The summed E-state index contributed by atoms with van der Waals surface area (Å²) in [6.07, 6.45) is -3.76. The first-order valence-electron chi connectivity index (χ1n) is 6.88. The highest BCUT2D eigenvalue weighted by Gasteiger charge is 2.41. The number of benzene rings is 2. The smallest absolute Gasteiger partial charge is 0.300 e. The van der Waals surface area contributed by atoms with E-state index in [1.807, 2.05) is 30.3 Å². The Kier molecular flexibility index (Phi) is 5.02. The van der Waals surface area contributed by atoms with Crippen LogP contribution in [0.3, 0.4) is 0 Å². The summed E-state index contributed by atoms with van der Waals surface area (Å²) in [6, 6.07) is 15.6. The number of halogens is 3. The molecule has 0 fully saturated rings. The zero-order chi connectivity index (χ0) is 15.3. The van der Waals surface area contributed by atoms with Crippen LogP contribution in [0.5, 0.6) is 0 Å². The molecule has 0 spiro atoms. The molecule has 2 unspecified atom stereocenters. The van der Waals surface area contributed by atoms with Crippen LogP contribution in [-0.4, -0.2) is 12.2 Å². The normalized spacial score (nSPS) is 14.7. The lowest BCUT2D eigenvalue weighted by molar-refractivity contribution is -0.159. The molecule has 0 heterocycles. The maximum atomic E-state index is 13.2. The molecule has 2 aromatic carbocycles. The van der Waals surface area contributed by atoms with Crippen LogP contribution in [-0.2, 0) is 6.42 Å². The number of hydrogen-bond acceptors (Lipinski definition) is 1. The van der Waals surface area contributed by atoms with E-state index in [1.165, 1.54) is 12.1 Å². The van der Waals surface area contributed by atoms with Crippen molar-refractivity contribution in [3.63, 3.8) is 0 Å². The summed E-state index contributed by atoms with van der Waals surface area (Å²) >= 11 is 0. The second kappa shape index (κ2) is 6.76. The van der Waals surface area contributed by atoms with Crippen molar-refractivity contribution in [3.05, 3.63) is 71.8 Å². The zero-order valence-corrected chi connectivity index (χ0v) is 11.8. The van der Waals surface area contributed by atoms with E-state index in [-0.39, 0.29) is 11.6 Å². The van der Waals surface area contributed by atoms with Gasteiger partial charge in [-0.2, -0.15) is 13.2 Å². The molecule has 0 saturated heterocycles. The van der Waals surface area contributed by atoms with Crippen LogP contribution in [0.4, 0.5) is 13.2 Å². The van der Waals surface area contributed by atoms with E-state index in [1.54, 1.807) is 25.1 Å². The monoisotopic (exact) mass is 293 g/mol. The molecule has 4 heteroatoms. The highest BCUT2D eigenvalue weighted by molar-refractivity contribution is 5.21. The number of hydrogen-bond donors (Lipinski definition) is 1. The Morgan fingerprint density at radius 1 is 0.905 bits per heavy atom. The summed E-state index contributed by atoms with van der Waals surface area (Å²) in [5.41, 5.74) is 1.26. The van der Waals surface area contributed by atoms with Gasteiger partial charge >= 0.3 is 6.18 Å². The quantitative estimate of drug-likeness (QED) is 0.855. The fourth-order valence-electron chi connectivity index (χ4n) is 2.34. The van der Waals surface area contributed by atoms with Gasteiger partial charge in [0.1, 0.15) is 6.04 Å². The SMILES string of the molecule is CC(Cc1ccccc1)NC(c1ccccc1)C(F)(F)F. The molecule has 0 amide bonds. The van der Waals surface area contributed by atoms with Gasteiger partial charge < -0.3 is 0 Å². The maximum Gasteiger partial charge on any atom is 0.407 e. The van der Waals surface area contributed by atoms with Crippen LogP contribution in [0.2, 0.25) is 0 Å². The lowest BCUT2D eigenvalue weighted by Gasteiger charge is -2.26. The van der Waals surface area contributed by atoms with Crippen molar-refractivity contribution in [1.82, 2.24) is 5.32 Å². The van der Waals surface area contributed by atoms with E-state index in [0.29, 0.717) is 6.42 Å². The third-order valence-corrected chi connectivity index (χ3v) is 3.30. The molecule has 21 heavy (non-hydrogen) atoms. The molecule has 2 aromatic rings. The zero-order valence-electron chi connectivity index (χ0n) is 11.8. The van der Waals surface area contributed by atoms with Crippen molar-refractivity contribution < 1.29 is 13.2 Å². The van der Waals surface area contributed by atoms with E-state index in [2.05, 4.69) is 5.32 Å². The molecule has 1 nitrogen and oxygen atoms in total. The molecule has 0 aliphatic heterocycles. The minimum absolute atomic E-state index is 0.241. The van der Waals surface area contributed by atoms with Crippen LogP contribution >= 0.6 is 0 Å². The molecule has 2 atom stereocenters. The van der Waals surface area contributed by atoms with Gasteiger partial charge in [-0.1, -0.05) is 60.7 Å². The highest BCUT2D eigenvalue weighted by atomic mass is 19.4. The Balaban J connectivity index is 2.09. The molecule has 112 valence electrons. The molecule has 2 rings (SSSR count). The van der Waals surface area contributed by atoms with E-state index in [0.717, 1.165) is 5.56 Å². The first-order chi connectivity index (χ1) is 9.97. The summed E-state index contributed by atoms with van der Waals surface area (Å²) in [5.74, 6) is 0. The van der Waals surface area contributed by atoms with Crippen LogP contribution in [0, 0.1) is 0 Å². The minimum Gasteiger partial charge on any atom is -0.300 e. The van der Waals surface area contributed by atoms with Crippen molar-refractivity contribution in [2.24, 2.45) is 0 Å². The standard InChI is InChI=1S/C17H18F3N/c1-13(12-14-8-4-2-5-9-14)21-16(17(18,19)20)15-10-6-3-7-11-15/h2-11,13,16,21H,12H2,1H3. The molecule has 0 aromatic heterocycles. The maximum absolute atomic E-state index is 13.2. The van der Waals surface area contributed by atoms with Crippen LogP contribution < -0.4 is 5.32 Å².